The molecule has 0 bridgehead atoms. The van der Waals surface area contributed by atoms with E-state index in [0.717, 1.165) is 27.9 Å². The minimum Gasteiger partial charge on any atom is -0.345 e. The smallest absolute Gasteiger partial charge is 0.252 e. The van der Waals surface area contributed by atoms with Gasteiger partial charge < -0.3 is 16.0 Å². The Bertz CT molecular complexity index is 943. The maximum absolute atomic E-state index is 12.8. The van der Waals surface area contributed by atoms with Gasteiger partial charge in [-0.1, -0.05) is 49.7 Å². The average Bonchev–Trinajstić information content (AvgIpc) is 2.68. The molecule has 6 heteroatoms. The Kier molecular flexibility index (Phi) is 8.37. The van der Waals surface area contributed by atoms with Crippen LogP contribution in [0, 0.1) is 33.6 Å². The van der Waals surface area contributed by atoms with Gasteiger partial charge in [0.2, 0.25) is 11.8 Å². The molecule has 0 saturated heterocycles. The fourth-order valence-electron chi connectivity index (χ4n) is 3.62. The van der Waals surface area contributed by atoms with E-state index in [1.807, 2.05) is 65.8 Å². The van der Waals surface area contributed by atoms with Crippen LogP contribution in [-0.4, -0.2) is 30.3 Å². The average molecular weight is 424 g/mol. The molecule has 31 heavy (non-hydrogen) atoms. The number of anilines is 1. The van der Waals surface area contributed by atoms with E-state index in [1.54, 1.807) is 12.1 Å². The Morgan fingerprint density at radius 1 is 0.903 bits per heavy atom. The molecule has 166 valence electrons. The molecule has 0 aliphatic rings. The zero-order valence-corrected chi connectivity index (χ0v) is 19.3. The first kappa shape index (κ1) is 24.1. The number of aryl methyl sites for hydroxylation is 4. The minimum atomic E-state index is -0.720. The molecule has 0 fully saturated rings. The van der Waals surface area contributed by atoms with Gasteiger partial charge in [-0.15, -0.1) is 0 Å². The molecule has 0 radical (unpaired) electrons. The van der Waals surface area contributed by atoms with Gasteiger partial charge in [0.15, 0.2) is 0 Å². The molecule has 0 heterocycles. The van der Waals surface area contributed by atoms with Crippen molar-refractivity contribution in [3.8, 4) is 0 Å². The third-order valence-electron chi connectivity index (χ3n) is 5.08. The largest absolute Gasteiger partial charge is 0.345 e. The number of hydrogen-bond acceptors (Lipinski definition) is 3. The maximum atomic E-state index is 12.8. The van der Waals surface area contributed by atoms with Gasteiger partial charge in [-0.25, -0.2) is 0 Å². The van der Waals surface area contributed by atoms with Gasteiger partial charge in [-0.05, 0) is 62.8 Å². The van der Waals surface area contributed by atoms with E-state index in [0.29, 0.717) is 12.0 Å². The Hall–Kier alpha value is -3.15. The number of carbonyl (C=O) groups is 3. The molecule has 2 rings (SSSR count). The summed E-state index contributed by atoms with van der Waals surface area (Å²) in [6, 6.07) is 10.5. The highest BCUT2D eigenvalue weighted by Gasteiger charge is 2.23. The van der Waals surface area contributed by atoms with Crippen LogP contribution in [0.5, 0.6) is 0 Å². The molecule has 0 aromatic heterocycles. The normalized spacial score (nSPS) is 11.7. The molecule has 0 aliphatic heterocycles. The van der Waals surface area contributed by atoms with Crippen molar-refractivity contribution in [1.29, 1.82) is 0 Å². The Labute approximate surface area is 184 Å². The van der Waals surface area contributed by atoms with Crippen LogP contribution in [0.15, 0.2) is 36.4 Å². The van der Waals surface area contributed by atoms with Crippen molar-refractivity contribution in [1.82, 2.24) is 10.6 Å². The lowest BCUT2D eigenvalue weighted by atomic mass is 10.0. The lowest BCUT2D eigenvalue weighted by Crippen LogP contribution is -2.49. The van der Waals surface area contributed by atoms with Gasteiger partial charge in [-0.2, -0.15) is 0 Å². The van der Waals surface area contributed by atoms with Gasteiger partial charge in [-0.3, -0.25) is 14.4 Å². The van der Waals surface area contributed by atoms with E-state index in [4.69, 9.17) is 0 Å². The Morgan fingerprint density at radius 2 is 1.52 bits per heavy atom. The predicted molar refractivity (Wildman–Crippen MR) is 124 cm³/mol. The molecule has 2 aromatic carbocycles. The summed E-state index contributed by atoms with van der Waals surface area (Å²) in [5.41, 5.74) is 5.21. The van der Waals surface area contributed by atoms with Crippen molar-refractivity contribution in [3.63, 3.8) is 0 Å². The fraction of sp³-hybridized carbons (Fsp3) is 0.400. The van der Waals surface area contributed by atoms with Crippen molar-refractivity contribution < 1.29 is 14.4 Å². The number of hydrogen-bond donors (Lipinski definition) is 3. The summed E-state index contributed by atoms with van der Waals surface area (Å²) < 4.78 is 0. The molecule has 0 saturated carbocycles. The highest BCUT2D eigenvalue weighted by atomic mass is 16.2. The monoisotopic (exact) mass is 423 g/mol. The van der Waals surface area contributed by atoms with E-state index in [2.05, 4.69) is 16.0 Å². The summed E-state index contributed by atoms with van der Waals surface area (Å²) >= 11 is 0. The summed E-state index contributed by atoms with van der Waals surface area (Å²) in [4.78, 5) is 37.9. The van der Waals surface area contributed by atoms with Crippen LogP contribution in [0.3, 0.4) is 0 Å². The van der Waals surface area contributed by atoms with Gasteiger partial charge in [0, 0.05) is 11.3 Å². The highest BCUT2D eigenvalue weighted by molar-refractivity contribution is 6.00. The second-order valence-electron chi connectivity index (χ2n) is 8.51. The summed E-state index contributed by atoms with van der Waals surface area (Å²) in [7, 11) is 0. The fourth-order valence-corrected chi connectivity index (χ4v) is 3.62. The van der Waals surface area contributed by atoms with Crippen molar-refractivity contribution in [3.05, 3.63) is 64.2 Å². The van der Waals surface area contributed by atoms with Crippen LogP contribution in [0.1, 0.15) is 52.9 Å². The van der Waals surface area contributed by atoms with E-state index in [-0.39, 0.29) is 30.2 Å². The van der Waals surface area contributed by atoms with E-state index in [1.165, 1.54) is 0 Å². The first-order valence-corrected chi connectivity index (χ1v) is 10.6. The van der Waals surface area contributed by atoms with Crippen LogP contribution in [-0.2, 0) is 9.59 Å². The SMILES string of the molecule is Cc1cc(C)c(NC(=O)CNC(=O)C(CC(C)C)NC(=O)c2ccccc2C)c(C)c1. The summed E-state index contributed by atoms with van der Waals surface area (Å²) in [5.74, 6) is -0.783. The molecule has 0 spiro atoms. The Balaban J connectivity index is 2.01. The first-order chi connectivity index (χ1) is 14.6. The molecule has 3 N–H and O–H groups in total. The second-order valence-corrected chi connectivity index (χ2v) is 8.51. The molecule has 1 atom stereocenters. The zero-order chi connectivity index (χ0) is 23.1. The quantitative estimate of drug-likeness (QED) is 0.603. The predicted octanol–water partition coefficient (Wildman–Crippen LogP) is 3.82. The molecule has 1 unspecified atom stereocenters. The second kappa shape index (κ2) is 10.8. The maximum Gasteiger partial charge on any atom is 0.252 e. The third-order valence-corrected chi connectivity index (χ3v) is 5.08. The third kappa shape index (κ3) is 6.95. The number of amides is 3. The summed E-state index contributed by atoms with van der Waals surface area (Å²) in [6.07, 6.45) is 0.473. The van der Waals surface area contributed by atoms with Crippen molar-refractivity contribution in [2.24, 2.45) is 5.92 Å². The lowest BCUT2D eigenvalue weighted by molar-refractivity contribution is -0.125. The van der Waals surface area contributed by atoms with Crippen LogP contribution in [0.2, 0.25) is 0 Å². The molecule has 2 aromatic rings. The first-order valence-electron chi connectivity index (χ1n) is 10.6. The van der Waals surface area contributed by atoms with Gasteiger partial charge in [0.05, 0.1) is 6.54 Å². The number of rotatable bonds is 8. The molecule has 6 nitrogen and oxygen atoms in total. The van der Waals surface area contributed by atoms with Crippen LogP contribution >= 0.6 is 0 Å². The van der Waals surface area contributed by atoms with E-state index in [9.17, 15) is 14.4 Å². The molecule has 0 aliphatic carbocycles. The summed E-state index contributed by atoms with van der Waals surface area (Å²) in [6.45, 7) is 11.5. The molecule has 3 amide bonds. The van der Waals surface area contributed by atoms with Crippen molar-refractivity contribution in [2.45, 2.75) is 54.0 Å². The van der Waals surface area contributed by atoms with Gasteiger partial charge >= 0.3 is 0 Å². The minimum absolute atomic E-state index is 0.166. The number of carbonyl (C=O) groups excluding carboxylic acids is 3. The van der Waals surface area contributed by atoms with Crippen LogP contribution in [0.4, 0.5) is 5.69 Å². The van der Waals surface area contributed by atoms with Crippen LogP contribution < -0.4 is 16.0 Å². The van der Waals surface area contributed by atoms with Crippen molar-refractivity contribution in [2.75, 3.05) is 11.9 Å². The number of benzene rings is 2. The number of nitrogens with one attached hydrogen (secondary N) is 3. The topological polar surface area (TPSA) is 87.3 Å². The van der Waals surface area contributed by atoms with E-state index >= 15 is 0 Å². The lowest BCUT2D eigenvalue weighted by Gasteiger charge is -2.21. The van der Waals surface area contributed by atoms with Crippen LogP contribution in [0.25, 0.3) is 0 Å². The molecular weight excluding hydrogens is 390 g/mol. The highest BCUT2D eigenvalue weighted by Crippen LogP contribution is 2.21. The summed E-state index contributed by atoms with van der Waals surface area (Å²) in [5, 5.41) is 8.36. The molecular formula is C25H33N3O3. The Morgan fingerprint density at radius 3 is 2.10 bits per heavy atom. The van der Waals surface area contributed by atoms with E-state index < -0.39 is 6.04 Å². The zero-order valence-electron chi connectivity index (χ0n) is 19.3. The van der Waals surface area contributed by atoms with Crippen molar-refractivity contribution >= 4 is 23.4 Å². The standard InChI is InChI=1S/C25H33N3O3/c1-15(2)11-21(27-24(30)20-10-8-7-9-17(20)4)25(31)26-14-22(29)28-23-18(5)12-16(3)13-19(23)6/h7-10,12-13,15,21H,11,14H2,1-6H3,(H,26,31)(H,27,30)(H,28,29). The van der Waals surface area contributed by atoms with Gasteiger partial charge in [0.1, 0.15) is 6.04 Å². The van der Waals surface area contributed by atoms with Gasteiger partial charge in [0.25, 0.3) is 5.91 Å².